The largest absolute Gasteiger partial charge is 0.356 e. The predicted octanol–water partition coefficient (Wildman–Crippen LogP) is 1.88. The molecule has 1 aromatic heterocycles. The first-order valence-corrected chi connectivity index (χ1v) is 7.62. The van der Waals surface area contributed by atoms with Crippen molar-refractivity contribution >= 4 is 21.8 Å². The summed E-state index contributed by atoms with van der Waals surface area (Å²) in [4.78, 5) is 14.0. The number of aryl methyl sites for hydroxylation is 1. The van der Waals surface area contributed by atoms with Crippen LogP contribution in [0, 0.1) is 0 Å². The Morgan fingerprint density at radius 2 is 2.21 bits per heavy atom. The molecule has 1 amide bonds. The van der Waals surface area contributed by atoms with Crippen molar-refractivity contribution in [1.29, 1.82) is 0 Å². The first kappa shape index (κ1) is 16.2. The Balaban J connectivity index is 2.08. The average Bonchev–Trinajstić information content (AvgIpc) is 2.82. The van der Waals surface area contributed by atoms with E-state index in [0.29, 0.717) is 13.0 Å². The third-order valence-electron chi connectivity index (χ3n) is 3.04. The Morgan fingerprint density at radius 1 is 1.47 bits per heavy atom. The second-order valence-electron chi connectivity index (χ2n) is 4.40. The number of nitrogens with zero attached hydrogens (tertiary/aromatic N) is 3. The molecule has 6 heteroatoms. The monoisotopic (exact) mass is 330 g/mol. The van der Waals surface area contributed by atoms with Crippen molar-refractivity contribution in [3.8, 4) is 0 Å². The molecule has 1 N–H and O–H groups in total. The summed E-state index contributed by atoms with van der Waals surface area (Å²) in [5.41, 5.74) is 0. The molecule has 0 atom stereocenters. The first-order valence-electron chi connectivity index (χ1n) is 6.82. The maximum Gasteiger partial charge on any atom is 0.221 e. The molecule has 0 saturated heterocycles. The minimum Gasteiger partial charge on any atom is -0.356 e. The summed E-state index contributed by atoms with van der Waals surface area (Å²) in [5, 5.41) is 7.06. The van der Waals surface area contributed by atoms with Crippen LogP contribution in [0.25, 0.3) is 0 Å². The summed E-state index contributed by atoms with van der Waals surface area (Å²) in [5.74, 6) is 0.0890. The number of carbonyl (C=O) groups is 1. The average molecular weight is 331 g/mol. The molecule has 19 heavy (non-hydrogen) atoms. The molecule has 0 unspecified atom stereocenters. The fourth-order valence-corrected chi connectivity index (χ4v) is 2.16. The van der Waals surface area contributed by atoms with Gasteiger partial charge in [0.05, 0.1) is 10.7 Å². The maximum absolute atomic E-state index is 11.6. The molecule has 1 heterocycles. The molecule has 0 fully saturated rings. The number of aromatic nitrogens is 2. The standard InChI is InChI=1S/C13H23BrN4O/c1-3-17(4-2)8-5-7-15-13(19)6-9-18-11-12(14)10-16-18/h10-11H,3-9H2,1-2H3,(H,15,19). The lowest BCUT2D eigenvalue weighted by molar-refractivity contribution is -0.121. The van der Waals surface area contributed by atoms with Crippen molar-refractivity contribution in [1.82, 2.24) is 20.0 Å². The summed E-state index contributed by atoms with van der Waals surface area (Å²) in [6.45, 7) is 8.86. The Kier molecular flexibility index (Phi) is 7.74. The molecule has 1 rings (SSSR count). The van der Waals surface area contributed by atoms with E-state index >= 15 is 0 Å². The summed E-state index contributed by atoms with van der Waals surface area (Å²) >= 11 is 3.33. The number of halogens is 1. The van der Waals surface area contributed by atoms with Crippen LogP contribution in [0.5, 0.6) is 0 Å². The molecule has 108 valence electrons. The van der Waals surface area contributed by atoms with Crippen molar-refractivity contribution in [2.45, 2.75) is 33.2 Å². The molecule has 0 aliphatic carbocycles. The van der Waals surface area contributed by atoms with Crippen LogP contribution in [-0.2, 0) is 11.3 Å². The lowest BCUT2D eigenvalue weighted by atomic mass is 10.3. The minimum absolute atomic E-state index is 0.0890. The number of amides is 1. The molecular formula is C13H23BrN4O. The lowest BCUT2D eigenvalue weighted by Gasteiger charge is -2.17. The van der Waals surface area contributed by atoms with Gasteiger partial charge in [0, 0.05) is 25.7 Å². The number of nitrogens with one attached hydrogen (secondary N) is 1. The van der Waals surface area contributed by atoms with Gasteiger partial charge in [-0.15, -0.1) is 0 Å². The van der Waals surface area contributed by atoms with E-state index in [1.54, 1.807) is 10.9 Å². The zero-order chi connectivity index (χ0) is 14.1. The highest BCUT2D eigenvalue weighted by molar-refractivity contribution is 9.10. The Hall–Kier alpha value is -0.880. The van der Waals surface area contributed by atoms with Gasteiger partial charge in [-0.05, 0) is 42.0 Å². The van der Waals surface area contributed by atoms with Crippen molar-refractivity contribution in [3.63, 3.8) is 0 Å². The van der Waals surface area contributed by atoms with Crippen LogP contribution in [0.3, 0.4) is 0 Å². The van der Waals surface area contributed by atoms with Gasteiger partial charge in [0.15, 0.2) is 0 Å². The van der Waals surface area contributed by atoms with Crippen LogP contribution in [0.2, 0.25) is 0 Å². The molecule has 0 spiro atoms. The van der Waals surface area contributed by atoms with Gasteiger partial charge in [-0.25, -0.2) is 0 Å². The van der Waals surface area contributed by atoms with Crippen LogP contribution >= 0.6 is 15.9 Å². The van der Waals surface area contributed by atoms with E-state index in [4.69, 9.17) is 0 Å². The van der Waals surface area contributed by atoms with E-state index in [1.807, 2.05) is 6.20 Å². The molecule has 0 aliphatic heterocycles. The zero-order valence-electron chi connectivity index (χ0n) is 11.7. The van der Waals surface area contributed by atoms with Crippen molar-refractivity contribution in [2.75, 3.05) is 26.2 Å². The predicted molar refractivity (Wildman–Crippen MR) is 80.0 cm³/mol. The van der Waals surface area contributed by atoms with E-state index in [9.17, 15) is 4.79 Å². The summed E-state index contributed by atoms with van der Waals surface area (Å²) < 4.78 is 2.70. The molecule has 0 radical (unpaired) electrons. The first-order chi connectivity index (χ1) is 9.15. The molecule has 0 saturated carbocycles. The van der Waals surface area contributed by atoms with E-state index in [2.05, 4.69) is 45.1 Å². The molecule has 0 bridgehead atoms. The number of hydrogen-bond acceptors (Lipinski definition) is 3. The van der Waals surface area contributed by atoms with Gasteiger partial charge in [-0.1, -0.05) is 13.8 Å². The Bertz CT molecular complexity index is 376. The van der Waals surface area contributed by atoms with Crippen molar-refractivity contribution < 1.29 is 4.79 Å². The van der Waals surface area contributed by atoms with Gasteiger partial charge in [0.25, 0.3) is 0 Å². The van der Waals surface area contributed by atoms with Crippen molar-refractivity contribution in [2.24, 2.45) is 0 Å². The summed E-state index contributed by atoms with van der Waals surface area (Å²) in [7, 11) is 0. The van der Waals surface area contributed by atoms with E-state index < -0.39 is 0 Å². The number of rotatable bonds is 9. The van der Waals surface area contributed by atoms with Crippen LogP contribution in [0.1, 0.15) is 26.7 Å². The normalized spacial score (nSPS) is 10.9. The topological polar surface area (TPSA) is 50.2 Å². The highest BCUT2D eigenvalue weighted by Crippen LogP contribution is 2.06. The number of hydrogen-bond donors (Lipinski definition) is 1. The zero-order valence-corrected chi connectivity index (χ0v) is 13.3. The van der Waals surface area contributed by atoms with Crippen LogP contribution in [0.15, 0.2) is 16.9 Å². The Morgan fingerprint density at radius 3 is 2.79 bits per heavy atom. The summed E-state index contributed by atoms with van der Waals surface area (Å²) in [6, 6.07) is 0. The third kappa shape index (κ3) is 6.73. The fraction of sp³-hybridized carbons (Fsp3) is 0.692. The summed E-state index contributed by atoms with van der Waals surface area (Å²) in [6.07, 6.45) is 5.07. The van der Waals surface area contributed by atoms with E-state index in [0.717, 1.165) is 37.1 Å². The van der Waals surface area contributed by atoms with Gasteiger partial charge < -0.3 is 10.2 Å². The second-order valence-corrected chi connectivity index (χ2v) is 5.32. The van der Waals surface area contributed by atoms with Gasteiger partial charge >= 0.3 is 0 Å². The second kappa shape index (κ2) is 9.09. The highest BCUT2D eigenvalue weighted by Gasteiger charge is 2.03. The fourth-order valence-electron chi connectivity index (χ4n) is 1.84. The molecule has 1 aromatic rings. The van der Waals surface area contributed by atoms with Crippen LogP contribution < -0.4 is 5.32 Å². The minimum atomic E-state index is 0.0890. The van der Waals surface area contributed by atoms with E-state index in [-0.39, 0.29) is 5.91 Å². The molecule has 0 aromatic carbocycles. The molecular weight excluding hydrogens is 308 g/mol. The van der Waals surface area contributed by atoms with Gasteiger partial charge in [0.1, 0.15) is 0 Å². The maximum atomic E-state index is 11.6. The third-order valence-corrected chi connectivity index (χ3v) is 3.45. The quantitative estimate of drug-likeness (QED) is 0.703. The molecule has 0 aliphatic rings. The van der Waals surface area contributed by atoms with Gasteiger partial charge in [0.2, 0.25) is 5.91 Å². The van der Waals surface area contributed by atoms with Gasteiger partial charge in [-0.2, -0.15) is 5.10 Å². The number of carbonyl (C=O) groups excluding carboxylic acids is 1. The SMILES string of the molecule is CCN(CC)CCCNC(=O)CCn1cc(Br)cn1. The Labute approximate surface area is 123 Å². The van der Waals surface area contributed by atoms with E-state index in [1.165, 1.54) is 0 Å². The van der Waals surface area contributed by atoms with Crippen LogP contribution in [-0.4, -0.2) is 46.8 Å². The van der Waals surface area contributed by atoms with Crippen molar-refractivity contribution in [3.05, 3.63) is 16.9 Å². The van der Waals surface area contributed by atoms with Crippen LogP contribution in [0.4, 0.5) is 0 Å². The van der Waals surface area contributed by atoms with Gasteiger partial charge in [-0.3, -0.25) is 9.48 Å². The highest BCUT2D eigenvalue weighted by atomic mass is 79.9. The molecule has 5 nitrogen and oxygen atoms in total. The smallest absolute Gasteiger partial charge is 0.221 e. The lowest BCUT2D eigenvalue weighted by Crippen LogP contribution is -2.30.